The zero-order chi connectivity index (χ0) is 20.1. The Morgan fingerprint density at radius 2 is 2.00 bits per heavy atom. The van der Waals surface area contributed by atoms with Crippen molar-refractivity contribution in [3.8, 4) is 11.8 Å². The van der Waals surface area contributed by atoms with E-state index in [-0.39, 0.29) is 0 Å². The van der Waals surface area contributed by atoms with Gasteiger partial charge in [-0.2, -0.15) is 5.26 Å². The summed E-state index contributed by atoms with van der Waals surface area (Å²) < 4.78 is 22.1. The summed E-state index contributed by atoms with van der Waals surface area (Å²) in [5, 5.41) is 10.2. The highest BCUT2D eigenvalue weighted by Gasteiger charge is 2.31. The van der Waals surface area contributed by atoms with Gasteiger partial charge in [0.25, 0.3) is 0 Å². The molecule has 2 aromatic carbocycles. The van der Waals surface area contributed by atoms with Gasteiger partial charge >= 0.3 is 0 Å². The van der Waals surface area contributed by atoms with Crippen molar-refractivity contribution in [2.75, 3.05) is 18.1 Å². The summed E-state index contributed by atoms with van der Waals surface area (Å²) in [5.41, 5.74) is 2.34. The fourth-order valence-corrected chi connectivity index (χ4v) is 4.11. The number of anilines is 1. The number of nitrogens with zero attached hydrogens (tertiary/aromatic N) is 2. The molecule has 6 heteroatoms. The van der Waals surface area contributed by atoms with Crippen LogP contribution in [0.2, 0.25) is 0 Å². The van der Waals surface area contributed by atoms with E-state index in [0.717, 1.165) is 34.3 Å². The van der Waals surface area contributed by atoms with E-state index in [1.54, 1.807) is 13.4 Å². The Labute approximate surface area is 167 Å². The van der Waals surface area contributed by atoms with Crippen LogP contribution in [0.4, 0.5) is 5.69 Å². The highest BCUT2D eigenvalue weighted by Crippen LogP contribution is 2.37. The fraction of sp³-hybridized carbons (Fsp3) is 0.227. The number of fused-ring (bicyclic) bond motifs is 1. The van der Waals surface area contributed by atoms with Crippen molar-refractivity contribution in [1.29, 1.82) is 5.26 Å². The van der Waals surface area contributed by atoms with Crippen molar-refractivity contribution >= 4 is 27.6 Å². The number of allylic oxidation sites excluding steroid dienone is 2. The molecule has 0 radical (unpaired) electrons. The van der Waals surface area contributed by atoms with Crippen molar-refractivity contribution in [2.24, 2.45) is 0 Å². The lowest BCUT2D eigenvalue weighted by molar-refractivity contribution is 0.412. The smallest absolute Gasteiger partial charge is 0.118 e. The van der Waals surface area contributed by atoms with Gasteiger partial charge in [0.2, 0.25) is 0 Å². The zero-order valence-electron chi connectivity index (χ0n) is 16.2. The normalized spacial score (nSPS) is 14.5. The van der Waals surface area contributed by atoms with E-state index in [9.17, 15) is 9.47 Å². The molecule has 0 bridgehead atoms. The van der Waals surface area contributed by atoms with Crippen LogP contribution in [-0.4, -0.2) is 22.1 Å². The molecule has 1 heterocycles. The maximum absolute atomic E-state index is 11.7. The minimum absolute atomic E-state index is 0.534. The molecule has 0 amide bonds. The number of hydrogen-bond donors (Lipinski definition) is 1. The van der Waals surface area contributed by atoms with E-state index in [1.807, 2.05) is 60.8 Å². The summed E-state index contributed by atoms with van der Waals surface area (Å²) >= 11 is 0. The number of hydrogen-bond acceptors (Lipinski definition) is 3. The molecule has 0 aliphatic carbocycles. The summed E-state index contributed by atoms with van der Waals surface area (Å²) in [6, 6.07) is 17.9. The number of nitriles is 1. The van der Waals surface area contributed by atoms with Crippen LogP contribution in [0.25, 0.3) is 10.9 Å². The number of methoxy groups -OCH3 is 1. The maximum atomic E-state index is 11.7. The molecule has 2 unspecified atom stereocenters. The molecule has 2 atom stereocenters. The van der Waals surface area contributed by atoms with E-state index >= 15 is 0 Å². The van der Waals surface area contributed by atoms with Crippen LogP contribution in [-0.2, 0) is 16.5 Å². The molecular formula is C22H23N3O2S. The lowest BCUT2D eigenvalue weighted by Crippen LogP contribution is -2.31. The quantitative estimate of drug-likeness (QED) is 0.597. The molecule has 0 aliphatic rings. The summed E-state index contributed by atoms with van der Waals surface area (Å²) in [7, 11) is 0.481. The first-order valence-electron chi connectivity index (χ1n) is 8.98. The van der Waals surface area contributed by atoms with E-state index in [1.165, 1.54) is 6.08 Å². The van der Waals surface area contributed by atoms with Gasteiger partial charge in [0.05, 0.1) is 29.9 Å². The topological polar surface area (TPSA) is 67.0 Å². The first-order valence-corrected chi connectivity index (χ1v) is 10.5. The summed E-state index contributed by atoms with van der Waals surface area (Å²) in [5.74, 6) is 0.785. The summed E-state index contributed by atoms with van der Waals surface area (Å²) in [4.78, 5) is 0. The minimum Gasteiger partial charge on any atom is -0.497 e. The largest absolute Gasteiger partial charge is 0.497 e. The van der Waals surface area contributed by atoms with Gasteiger partial charge in [-0.15, -0.1) is 0 Å². The second kappa shape index (κ2) is 8.32. The monoisotopic (exact) mass is 393 g/mol. The number of rotatable bonds is 7. The molecule has 1 aromatic heterocycles. The van der Waals surface area contributed by atoms with Gasteiger partial charge < -0.3 is 14.0 Å². The zero-order valence-corrected chi connectivity index (χ0v) is 17.0. The first-order chi connectivity index (χ1) is 13.6. The van der Waals surface area contributed by atoms with Crippen molar-refractivity contribution < 1.29 is 8.95 Å². The summed E-state index contributed by atoms with van der Waals surface area (Å²) in [6.45, 7) is 2.10. The molecule has 3 aromatic rings. The van der Waals surface area contributed by atoms with E-state index < -0.39 is 16.5 Å². The molecule has 0 aliphatic heterocycles. The van der Waals surface area contributed by atoms with Crippen LogP contribution in [0.15, 0.2) is 66.9 Å². The van der Waals surface area contributed by atoms with Crippen LogP contribution < -0.4 is 9.46 Å². The van der Waals surface area contributed by atoms with Crippen LogP contribution in [0, 0.1) is 11.3 Å². The number of aromatic nitrogens is 1. The third-order valence-electron chi connectivity index (χ3n) is 4.98. The average Bonchev–Trinajstić information content (AvgIpc) is 3.15. The van der Waals surface area contributed by atoms with E-state index in [2.05, 4.69) is 22.3 Å². The van der Waals surface area contributed by atoms with E-state index in [0.29, 0.717) is 0 Å². The third-order valence-corrected chi connectivity index (χ3v) is 5.49. The molecular weight excluding hydrogens is 370 g/mol. The molecule has 144 valence electrons. The van der Waals surface area contributed by atoms with Crippen molar-refractivity contribution in [3.05, 3.63) is 72.4 Å². The summed E-state index contributed by atoms with van der Waals surface area (Å²) in [6.07, 6.45) is 7.84. The Balaban J connectivity index is 2.25. The second-order valence-electron chi connectivity index (χ2n) is 6.45. The molecule has 3 rings (SSSR count). The average molecular weight is 394 g/mol. The van der Waals surface area contributed by atoms with Gasteiger partial charge in [-0.05, 0) is 48.4 Å². The highest BCUT2D eigenvalue weighted by molar-refractivity contribution is 7.85. The fourth-order valence-electron chi connectivity index (χ4n) is 3.62. The number of ether oxygens (including phenoxy) is 1. The Morgan fingerprint density at radius 1 is 1.25 bits per heavy atom. The van der Waals surface area contributed by atoms with Gasteiger partial charge in [-0.25, -0.2) is 4.21 Å². The predicted octanol–water partition coefficient (Wildman–Crippen LogP) is 4.59. The predicted molar refractivity (Wildman–Crippen MR) is 115 cm³/mol. The van der Waals surface area contributed by atoms with Crippen molar-refractivity contribution in [3.63, 3.8) is 0 Å². The van der Waals surface area contributed by atoms with Crippen LogP contribution in [0.1, 0.15) is 18.9 Å². The number of nitrogens with one attached hydrogen (secondary N) is 1. The Bertz CT molecular complexity index is 1060. The minimum atomic E-state index is -1.16. The second-order valence-corrected chi connectivity index (χ2v) is 7.56. The first kappa shape index (κ1) is 19.7. The van der Waals surface area contributed by atoms with Crippen molar-refractivity contribution in [2.45, 2.75) is 18.9 Å². The third kappa shape index (κ3) is 3.54. The molecule has 1 N–H and O–H groups in total. The van der Waals surface area contributed by atoms with Crippen LogP contribution in [0.5, 0.6) is 5.75 Å². The molecule has 28 heavy (non-hydrogen) atoms. The maximum Gasteiger partial charge on any atom is 0.118 e. The van der Waals surface area contributed by atoms with Gasteiger partial charge in [0, 0.05) is 23.9 Å². The lowest BCUT2D eigenvalue weighted by atomic mass is 9.86. The molecule has 0 saturated carbocycles. The van der Waals surface area contributed by atoms with Gasteiger partial charge in [0.1, 0.15) is 16.7 Å². The Morgan fingerprint density at radius 3 is 2.61 bits per heavy atom. The number of benzene rings is 2. The lowest BCUT2D eigenvalue weighted by Gasteiger charge is -2.33. The molecule has 0 saturated heterocycles. The van der Waals surface area contributed by atoms with Crippen LogP contribution >= 0.6 is 0 Å². The Kier molecular flexibility index (Phi) is 5.86. The van der Waals surface area contributed by atoms with E-state index in [4.69, 9.17) is 4.74 Å². The van der Waals surface area contributed by atoms with Gasteiger partial charge in [-0.1, -0.05) is 25.1 Å². The van der Waals surface area contributed by atoms with Crippen molar-refractivity contribution in [1.82, 2.24) is 4.57 Å². The standard InChI is InChI=1S/C22H23N3O2S/c1-4-22(14-6-15-23,17-9-11-18(27-2)12-10-17)25-16-13-19-20(24-28(3)26)7-5-8-21(19)25/h5-14,16,24H,4H2,1-3H3/b14-6+. The van der Waals surface area contributed by atoms with Gasteiger partial charge in [-0.3, -0.25) is 0 Å². The molecule has 0 fully saturated rings. The SMILES string of the molecule is CCC(/C=C/C#N)(c1ccc(OC)cc1)n1ccc2c(NS(C)=O)cccc21. The highest BCUT2D eigenvalue weighted by atomic mass is 32.2. The molecule has 5 nitrogen and oxygen atoms in total. The van der Waals surface area contributed by atoms with Crippen LogP contribution in [0.3, 0.4) is 0 Å². The molecule has 0 spiro atoms. The van der Waals surface area contributed by atoms with Gasteiger partial charge in [0.15, 0.2) is 0 Å². The Hall–Kier alpha value is -3.04.